The van der Waals surface area contributed by atoms with Gasteiger partial charge in [0.05, 0.1) is 16.7 Å². The van der Waals surface area contributed by atoms with Gasteiger partial charge in [-0.25, -0.2) is 13.2 Å². The summed E-state index contributed by atoms with van der Waals surface area (Å²) < 4.78 is 33.7. The molecule has 168 valence electrons. The van der Waals surface area contributed by atoms with Crippen LogP contribution in [0.3, 0.4) is 0 Å². The lowest BCUT2D eigenvalue weighted by Crippen LogP contribution is -2.41. The number of amides is 1. The van der Waals surface area contributed by atoms with Crippen LogP contribution in [0.15, 0.2) is 41.4 Å². The van der Waals surface area contributed by atoms with Crippen LogP contribution >= 0.6 is 0 Å². The molecule has 9 nitrogen and oxygen atoms in total. The molecule has 0 atom stereocenters. The van der Waals surface area contributed by atoms with Crippen molar-refractivity contribution in [3.63, 3.8) is 0 Å². The molecule has 0 saturated carbocycles. The minimum absolute atomic E-state index is 0.0630. The van der Waals surface area contributed by atoms with Gasteiger partial charge in [-0.05, 0) is 45.7 Å². The zero-order chi connectivity index (χ0) is 22.6. The van der Waals surface area contributed by atoms with Gasteiger partial charge in [0.15, 0.2) is 5.69 Å². The Morgan fingerprint density at radius 1 is 1.19 bits per heavy atom. The van der Waals surface area contributed by atoms with E-state index in [1.165, 1.54) is 4.31 Å². The first-order chi connectivity index (χ1) is 14.7. The molecule has 2 heterocycles. The maximum Gasteiger partial charge on any atom is 0.361 e. The minimum Gasteiger partial charge on any atom is -0.458 e. The number of sulfonamides is 1. The number of aromatic nitrogens is 2. The number of carbonyl (C=O) groups is 2. The number of nitrogens with one attached hydrogen (secondary N) is 1. The van der Waals surface area contributed by atoms with Crippen molar-refractivity contribution in [1.29, 1.82) is 0 Å². The van der Waals surface area contributed by atoms with Crippen LogP contribution in [-0.4, -0.2) is 53.6 Å². The molecular weight excluding hydrogens is 420 g/mol. The maximum absolute atomic E-state index is 12.8. The number of benzene rings is 1. The molecule has 1 aliphatic rings. The lowest BCUT2D eigenvalue weighted by molar-refractivity contribution is -0.120. The fourth-order valence-corrected chi connectivity index (χ4v) is 4.92. The number of esters is 1. The normalized spacial score (nSPS) is 15.7. The van der Waals surface area contributed by atoms with Crippen LogP contribution < -0.4 is 5.32 Å². The molecule has 10 heteroatoms. The smallest absolute Gasteiger partial charge is 0.361 e. The zero-order valence-corrected chi connectivity index (χ0v) is 18.8. The number of anilines is 1. The molecule has 0 radical (unpaired) electrons. The Balaban J connectivity index is 1.66. The lowest BCUT2D eigenvalue weighted by Gasteiger charge is -2.30. The average molecular weight is 449 g/mol. The van der Waals surface area contributed by atoms with Crippen molar-refractivity contribution in [3.05, 3.63) is 42.2 Å². The first-order valence-corrected chi connectivity index (χ1v) is 11.8. The third-order valence-corrected chi connectivity index (χ3v) is 7.00. The van der Waals surface area contributed by atoms with Gasteiger partial charge in [-0.3, -0.25) is 9.48 Å². The van der Waals surface area contributed by atoms with Crippen LogP contribution in [0, 0.1) is 5.92 Å². The Kier molecular flexibility index (Phi) is 7.11. The summed E-state index contributed by atoms with van der Waals surface area (Å²) in [4.78, 5) is 25.4. The molecule has 1 aromatic heterocycles. The Morgan fingerprint density at radius 3 is 2.42 bits per heavy atom. The molecule has 0 spiro atoms. The number of rotatable bonds is 7. The second-order valence-electron chi connectivity index (χ2n) is 7.68. The van der Waals surface area contributed by atoms with Crippen molar-refractivity contribution in [2.45, 2.75) is 51.2 Å². The Morgan fingerprint density at radius 2 is 1.84 bits per heavy atom. The molecule has 0 aliphatic carbocycles. The third kappa shape index (κ3) is 5.31. The van der Waals surface area contributed by atoms with E-state index >= 15 is 0 Å². The van der Waals surface area contributed by atoms with E-state index in [0.717, 1.165) is 0 Å². The number of aryl methyl sites for hydroxylation is 1. The topological polar surface area (TPSA) is 111 Å². The van der Waals surface area contributed by atoms with Crippen LogP contribution in [0.4, 0.5) is 5.69 Å². The van der Waals surface area contributed by atoms with E-state index in [2.05, 4.69) is 10.4 Å². The number of hydrogen-bond acceptors (Lipinski definition) is 6. The highest BCUT2D eigenvalue weighted by Gasteiger charge is 2.33. The van der Waals surface area contributed by atoms with E-state index in [9.17, 15) is 18.0 Å². The van der Waals surface area contributed by atoms with Gasteiger partial charge in [0.2, 0.25) is 15.9 Å². The molecule has 1 aromatic carbocycles. The lowest BCUT2D eigenvalue weighted by atomic mass is 9.97. The quantitative estimate of drug-likeness (QED) is 0.652. The van der Waals surface area contributed by atoms with Gasteiger partial charge in [0.1, 0.15) is 0 Å². The molecule has 0 unspecified atom stereocenters. The number of piperidine rings is 1. The van der Waals surface area contributed by atoms with Crippen LogP contribution in [0.5, 0.6) is 0 Å². The predicted octanol–water partition coefficient (Wildman–Crippen LogP) is 2.51. The fourth-order valence-electron chi connectivity index (χ4n) is 3.43. The van der Waals surface area contributed by atoms with Crippen LogP contribution in [0.1, 0.15) is 44.1 Å². The summed E-state index contributed by atoms with van der Waals surface area (Å²) in [5, 5.41) is 6.98. The Labute approximate surface area is 182 Å². The predicted molar refractivity (Wildman–Crippen MR) is 115 cm³/mol. The van der Waals surface area contributed by atoms with Crippen molar-refractivity contribution < 1.29 is 22.7 Å². The number of ether oxygens (including phenoxy) is 1. The summed E-state index contributed by atoms with van der Waals surface area (Å²) in [6.07, 6.45) is 2.08. The number of carbonyl (C=O) groups excluding carboxylic acids is 2. The summed E-state index contributed by atoms with van der Waals surface area (Å²) in [5.41, 5.74) is 0.366. The van der Waals surface area contributed by atoms with Gasteiger partial charge in [-0.1, -0.05) is 18.2 Å². The highest BCUT2D eigenvalue weighted by Crippen LogP contribution is 2.25. The van der Waals surface area contributed by atoms with Gasteiger partial charge >= 0.3 is 5.97 Å². The molecule has 1 amide bonds. The average Bonchev–Trinajstić information content (AvgIpc) is 3.17. The van der Waals surface area contributed by atoms with Crippen molar-refractivity contribution >= 4 is 27.6 Å². The Hall–Kier alpha value is -2.72. The first kappa shape index (κ1) is 23.0. The van der Waals surface area contributed by atoms with E-state index in [0.29, 0.717) is 25.1 Å². The van der Waals surface area contributed by atoms with Gasteiger partial charge in [0, 0.05) is 31.7 Å². The molecule has 1 fully saturated rings. The fraction of sp³-hybridized carbons (Fsp3) is 0.476. The monoisotopic (exact) mass is 448 g/mol. The molecule has 31 heavy (non-hydrogen) atoms. The standard InChI is InChI=1S/C21H28N4O5S/c1-4-24-14-18(19(23-24)21(27)30-15(2)3)22-20(26)16-10-12-25(13-11-16)31(28,29)17-8-6-5-7-9-17/h5-9,14-16H,4,10-13H2,1-3H3,(H,22,26). The second kappa shape index (κ2) is 9.61. The van der Waals surface area contributed by atoms with Gasteiger partial charge < -0.3 is 10.1 Å². The molecule has 3 rings (SSSR count). The highest BCUT2D eigenvalue weighted by molar-refractivity contribution is 7.89. The molecule has 2 aromatic rings. The van der Waals surface area contributed by atoms with Crippen LogP contribution in [0.25, 0.3) is 0 Å². The minimum atomic E-state index is -3.57. The molecule has 1 saturated heterocycles. The summed E-state index contributed by atoms with van der Waals surface area (Å²) in [6, 6.07) is 8.27. The first-order valence-electron chi connectivity index (χ1n) is 10.4. The molecule has 1 aliphatic heterocycles. The van der Waals surface area contributed by atoms with Gasteiger partial charge in [0.25, 0.3) is 0 Å². The third-order valence-electron chi connectivity index (χ3n) is 5.09. The maximum atomic E-state index is 12.8. The zero-order valence-electron chi connectivity index (χ0n) is 17.9. The number of hydrogen-bond donors (Lipinski definition) is 1. The molecule has 0 bridgehead atoms. The van der Waals surface area contributed by atoms with E-state index in [-0.39, 0.29) is 41.6 Å². The SMILES string of the molecule is CCn1cc(NC(=O)C2CCN(S(=O)(=O)c3ccccc3)CC2)c(C(=O)OC(C)C)n1. The van der Waals surface area contributed by atoms with E-state index < -0.39 is 16.0 Å². The Bertz CT molecular complexity index is 1030. The van der Waals surface area contributed by atoms with Gasteiger partial charge in [-0.2, -0.15) is 9.40 Å². The molecule has 1 N–H and O–H groups in total. The summed E-state index contributed by atoms with van der Waals surface area (Å²) in [6.45, 7) is 6.40. The van der Waals surface area contributed by atoms with Crippen LogP contribution in [-0.2, 0) is 26.1 Å². The summed E-state index contributed by atoms with van der Waals surface area (Å²) in [5.74, 6) is -1.21. The van der Waals surface area contributed by atoms with Crippen molar-refractivity contribution in [2.24, 2.45) is 5.92 Å². The number of nitrogens with zero attached hydrogens (tertiary/aromatic N) is 3. The summed E-state index contributed by atoms with van der Waals surface area (Å²) >= 11 is 0. The summed E-state index contributed by atoms with van der Waals surface area (Å²) in [7, 11) is -3.57. The van der Waals surface area contributed by atoms with Crippen molar-refractivity contribution in [2.75, 3.05) is 18.4 Å². The largest absolute Gasteiger partial charge is 0.458 e. The van der Waals surface area contributed by atoms with E-state index in [1.807, 2.05) is 6.92 Å². The van der Waals surface area contributed by atoms with Gasteiger partial charge in [-0.15, -0.1) is 0 Å². The highest BCUT2D eigenvalue weighted by atomic mass is 32.2. The van der Waals surface area contributed by atoms with E-state index in [1.54, 1.807) is 55.1 Å². The van der Waals surface area contributed by atoms with Crippen molar-refractivity contribution in [3.8, 4) is 0 Å². The van der Waals surface area contributed by atoms with Crippen LogP contribution in [0.2, 0.25) is 0 Å². The van der Waals surface area contributed by atoms with Crippen molar-refractivity contribution in [1.82, 2.24) is 14.1 Å². The molecular formula is C21H28N4O5S. The van der Waals surface area contributed by atoms with E-state index in [4.69, 9.17) is 4.74 Å². The second-order valence-corrected chi connectivity index (χ2v) is 9.62.